The van der Waals surface area contributed by atoms with Crippen LogP contribution in [0.15, 0.2) is 17.0 Å². The highest BCUT2D eigenvalue weighted by molar-refractivity contribution is 9.10. The van der Waals surface area contributed by atoms with Gasteiger partial charge in [-0.15, -0.1) is 11.6 Å². The van der Waals surface area contributed by atoms with E-state index in [1.807, 2.05) is 0 Å². The Bertz CT molecular complexity index is 292. The molecule has 1 heterocycles. The van der Waals surface area contributed by atoms with E-state index in [-0.39, 0.29) is 18.1 Å². The lowest BCUT2D eigenvalue weighted by Gasteiger charge is -1.96. The molecule has 0 aromatic carbocycles. The summed E-state index contributed by atoms with van der Waals surface area (Å²) in [6, 6.07) is 0. The Labute approximate surface area is 83.3 Å². The number of aromatic nitrogens is 2. The molecule has 3 nitrogen and oxygen atoms in total. The van der Waals surface area contributed by atoms with Gasteiger partial charge in [-0.1, -0.05) is 0 Å². The van der Waals surface area contributed by atoms with E-state index in [9.17, 15) is 4.79 Å². The lowest BCUT2D eigenvalue weighted by atomic mass is 10.2. The van der Waals surface area contributed by atoms with Crippen LogP contribution in [0.4, 0.5) is 0 Å². The fourth-order valence-electron chi connectivity index (χ4n) is 0.714. The molecule has 0 aliphatic heterocycles. The number of ketones is 1. The predicted octanol–water partition coefficient (Wildman–Crippen LogP) is 1.59. The van der Waals surface area contributed by atoms with Gasteiger partial charge >= 0.3 is 0 Å². The summed E-state index contributed by atoms with van der Waals surface area (Å²) >= 11 is 8.49. The second-order valence-corrected chi connectivity index (χ2v) is 3.26. The highest BCUT2D eigenvalue weighted by atomic mass is 79.9. The molecule has 1 aromatic heterocycles. The first-order valence-electron chi connectivity index (χ1n) is 3.26. The molecule has 12 heavy (non-hydrogen) atoms. The maximum absolute atomic E-state index is 10.9. The van der Waals surface area contributed by atoms with Crippen LogP contribution in [0.1, 0.15) is 5.69 Å². The van der Waals surface area contributed by atoms with Crippen molar-refractivity contribution in [1.82, 2.24) is 9.97 Å². The Kier molecular flexibility index (Phi) is 3.62. The molecule has 0 saturated heterocycles. The van der Waals surface area contributed by atoms with E-state index in [0.717, 1.165) is 0 Å². The third-order valence-corrected chi connectivity index (χ3v) is 1.86. The van der Waals surface area contributed by atoms with E-state index < -0.39 is 0 Å². The topological polar surface area (TPSA) is 42.9 Å². The number of alkyl halides is 1. The number of carbonyl (C=O) groups excluding carboxylic acids is 1. The van der Waals surface area contributed by atoms with Gasteiger partial charge in [0, 0.05) is 6.20 Å². The molecule has 0 atom stereocenters. The van der Waals surface area contributed by atoms with Crippen LogP contribution in [0.3, 0.4) is 0 Å². The molecule has 0 spiro atoms. The smallest absolute Gasteiger partial charge is 0.153 e. The Morgan fingerprint density at radius 3 is 2.92 bits per heavy atom. The maximum Gasteiger partial charge on any atom is 0.153 e. The first-order valence-corrected chi connectivity index (χ1v) is 4.59. The average Bonchev–Trinajstić information content (AvgIpc) is 2.04. The van der Waals surface area contributed by atoms with Crippen molar-refractivity contribution in [3.63, 3.8) is 0 Å². The minimum Gasteiger partial charge on any atom is -0.298 e. The number of rotatable bonds is 3. The molecular formula is C7H6BrClN2O. The zero-order valence-electron chi connectivity index (χ0n) is 6.13. The van der Waals surface area contributed by atoms with Crippen LogP contribution in [-0.2, 0) is 11.2 Å². The summed E-state index contributed by atoms with van der Waals surface area (Å²) in [6.45, 7) is 0. The van der Waals surface area contributed by atoms with Gasteiger partial charge in [0.1, 0.15) is 4.60 Å². The molecule has 0 unspecified atom stereocenters. The van der Waals surface area contributed by atoms with Gasteiger partial charge in [0.05, 0.1) is 24.2 Å². The Morgan fingerprint density at radius 2 is 2.33 bits per heavy atom. The Morgan fingerprint density at radius 1 is 1.58 bits per heavy atom. The van der Waals surface area contributed by atoms with Crippen molar-refractivity contribution < 1.29 is 4.79 Å². The van der Waals surface area contributed by atoms with Gasteiger partial charge in [0.25, 0.3) is 0 Å². The number of carbonyl (C=O) groups is 1. The van der Waals surface area contributed by atoms with Crippen molar-refractivity contribution >= 4 is 33.3 Å². The SMILES string of the molecule is O=C(CCl)Cc1cncc(Br)n1. The Hall–Kier alpha value is -0.480. The van der Waals surface area contributed by atoms with Gasteiger partial charge in [-0.05, 0) is 15.9 Å². The summed E-state index contributed by atoms with van der Waals surface area (Å²) in [7, 11) is 0. The molecule has 5 heteroatoms. The quantitative estimate of drug-likeness (QED) is 0.764. The summed E-state index contributed by atoms with van der Waals surface area (Å²) in [5.41, 5.74) is 0.634. The molecule has 0 N–H and O–H groups in total. The van der Waals surface area contributed by atoms with Crippen molar-refractivity contribution in [1.29, 1.82) is 0 Å². The van der Waals surface area contributed by atoms with Crippen LogP contribution in [0.25, 0.3) is 0 Å². The van der Waals surface area contributed by atoms with Gasteiger partial charge in [-0.2, -0.15) is 0 Å². The number of hydrogen-bond donors (Lipinski definition) is 0. The van der Waals surface area contributed by atoms with Gasteiger partial charge in [-0.3, -0.25) is 9.78 Å². The van der Waals surface area contributed by atoms with Crippen LogP contribution in [0, 0.1) is 0 Å². The summed E-state index contributed by atoms with van der Waals surface area (Å²) in [5, 5.41) is 0. The minimum atomic E-state index is -0.0518. The number of Topliss-reactive ketones (excluding diaryl/α,β-unsaturated/α-hetero) is 1. The van der Waals surface area contributed by atoms with Crippen molar-refractivity contribution in [2.75, 3.05) is 5.88 Å². The van der Waals surface area contributed by atoms with E-state index in [0.29, 0.717) is 10.3 Å². The van der Waals surface area contributed by atoms with Gasteiger partial charge in [0.15, 0.2) is 5.78 Å². The molecule has 64 valence electrons. The summed E-state index contributed by atoms with van der Waals surface area (Å²) in [5.74, 6) is -0.0298. The van der Waals surface area contributed by atoms with Crippen LogP contribution in [0.5, 0.6) is 0 Å². The summed E-state index contributed by atoms with van der Waals surface area (Å²) in [4.78, 5) is 18.8. The third kappa shape index (κ3) is 2.87. The van der Waals surface area contributed by atoms with Crippen LogP contribution >= 0.6 is 27.5 Å². The highest BCUT2D eigenvalue weighted by Gasteiger charge is 2.03. The molecule has 0 radical (unpaired) electrons. The first kappa shape index (κ1) is 9.61. The average molecular weight is 249 g/mol. The second-order valence-electron chi connectivity index (χ2n) is 2.18. The van der Waals surface area contributed by atoms with E-state index in [2.05, 4.69) is 25.9 Å². The molecule has 1 rings (SSSR count). The van der Waals surface area contributed by atoms with E-state index >= 15 is 0 Å². The lowest BCUT2D eigenvalue weighted by Crippen LogP contribution is -2.05. The molecule has 0 fully saturated rings. The zero-order chi connectivity index (χ0) is 8.97. The van der Waals surface area contributed by atoms with E-state index in [1.54, 1.807) is 12.4 Å². The molecule has 0 bridgehead atoms. The van der Waals surface area contributed by atoms with Crippen LogP contribution in [0.2, 0.25) is 0 Å². The predicted molar refractivity (Wildman–Crippen MR) is 49.2 cm³/mol. The van der Waals surface area contributed by atoms with Crippen LogP contribution < -0.4 is 0 Å². The fourth-order valence-corrected chi connectivity index (χ4v) is 1.15. The van der Waals surface area contributed by atoms with Crippen LogP contribution in [-0.4, -0.2) is 21.6 Å². The Balaban J connectivity index is 2.69. The van der Waals surface area contributed by atoms with Gasteiger partial charge in [-0.25, -0.2) is 4.98 Å². The molecule has 0 aliphatic carbocycles. The van der Waals surface area contributed by atoms with Crippen molar-refractivity contribution in [2.24, 2.45) is 0 Å². The molecule has 0 saturated carbocycles. The zero-order valence-corrected chi connectivity index (χ0v) is 8.47. The fraction of sp³-hybridized carbons (Fsp3) is 0.286. The first-order chi connectivity index (χ1) is 5.72. The molecule has 0 aliphatic rings. The van der Waals surface area contributed by atoms with Crippen molar-refractivity contribution in [2.45, 2.75) is 6.42 Å². The maximum atomic E-state index is 10.9. The summed E-state index contributed by atoms with van der Waals surface area (Å²) < 4.78 is 0.627. The van der Waals surface area contributed by atoms with Gasteiger partial charge in [0.2, 0.25) is 0 Å². The number of halogens is 2. The minimum absolute atomic E-state index is 0.0220. The molecular weight excluding hydrogens is 243 g/mol. The lowest BCUT2D eigenvalue weighted by molar-refractivity contribution is -0.116. The highest BCUT2D eigenvalue weighted by Crippen LogP contribution is 2.04. The number of hydrogen-bond acceptors (Lipinski definition) is 3. The van der Waals surface area contributed by atoms with E-state index in [4.69, 9.17) is 11.6 Å². The van der Waals surface area contributed by atoms with Crippen molar-refractivity contribution in [3.05, 3.63) is 22.7 Å². The summed E-state index contributed by atoms with van der Waals surface area (Å²) in [6.07, 6.45) is 3.36. The van der Waals surface area contributed by atoms with Gasteiger partial charge < -0.3 is 0 Å². The number of nitrogens with zero attached hydrogens (tertiary/aromatic N) is 2. The normalized spacial score (nSPS) is 9.83. The monoisotopic (exact) mass is 248 g/mol. The third-order valence-electron chi connectivity index (χ3n) is 1.18. The molecule has 0 amide bonds. The second kappa shape index (κ2) is 4.52. The largest absolute Gasteiger partial charge is 0.298 e. The van der Waals surface area contributed by atoms with Crippen molar-refractivity contribution in [3.8, 4) is 0 Å². The standard InChI is InChI=1S/C7H6BrClN2O/c8-7-4-10-3-5(11-7)1-6(12)2-9/h3-4H,1-2H2. The molecule has 1 aromatic rings. The van der Waals surface area contributed by atoms with E-state index in [1.165, 1.54) is 0 Å².